The van der Waals surface area contributed by atoms with Crippen LogP contribution in [0.15, 0.2) is 162 Å². The van der Waals surface area contributed by atoms with Gasteiger partial charge in [0.05, 0.1) is 11.6 Å². The molecule has 0 amide bonds. The molecular weight excluding hydrogens is 637 g/mol. The summed E-state index contributed by atoms with van der Waals surface area (Å²) < 4.78 is 6.84. The summed E-state index contributed by atoms with van der Waals surface area (Å²) in [6.07, 6.45) is 4.86. The molecule has 5 heteroatoms. The molecule has 2 aromatic heterocycles. The van der Waals surface area contributed by atoms with Gasteiger partial charge < -0.3 is 9.32 Å². The highest BCUT2D eigenvalue weighted by Gasteiger charge is 2.38. The molecule has 0 N–H and O–H groups in total. The van der Waals surface area contributed by atoms with Crippen LogP contribution < -0.4 is 15.3 Å². The molecule has 2 aliphatic rings. The number of furan rings is 1. The van der Waals surface area contributed by atoms with E-state index in [-0.39, 0.29) is 12.0 Å². The highest BCUT2D eigenvalue weighted by atomic mass is 16.3. The third kappa shape index (κ3) is 4.46. The van der Waals surface area contributed by atoms with Gasteiger partial charge in [-0.2, -0.15) is 0 Å². The Bertz CT molecular complexity index is 2930. The summed E-state index contributed by atoms with van der Waals surface area (Å²) in [6.45, 7) is 0. The largest absolute Gasteiger partial charge is 0.455 e. The molecule has 1 aliphatic carbocycles. The number of hydrogen-bond donors (Lipinski definition) is 0. The smallest absolute Gasteiger partial charge is 0.167 e. The number of nitrogens with zero attached hydrogens (tertiary/aromatic N) is 4. The minimum atomic E-state index is 0.0885. The van der Waals surface area contributed by atoms with Crippen molar-refractivity contribution >= 4 is 56.2 Å². The highest BCUT2D eigenvalue weighted by Crippen LogP contribution is 2.50. The van der Waals surface area contributed by atoms with Crippen LogP contribution in [0.2, 0.25) is 0 Å². The first kappa shape index (κ1) is 28.9. The summed E-state index contributed by atoms with van der Waals surface area (Å²) in [4.78, 5) is 17.9. The Morgan fingerprint density at radius 3 is 1.92 bits per heavy atom. The number of para-hydroxylation sites is 1. The molecule has 0 saturated heterocycles. The number of benzene rings is 7. The fourth-order valence-corrected chi connectivity index (χ4v) is 8.23. The fourth-order valence-electron chi connectivity index (χ4n) is 8.23. The molecule has 0 radical (unpaired) electrons. The summed E-state index contributed by atoms with van der Waals surface area (Å²) in [5.41, 5.74) is 7.84. The van der Waals surface area contributed by atoms with Crippen molar-refractivity contribution in [1.29, 1.82) is 0 Å². The van der Waals surface area contributed by atoms with Gasteiger partial charge in [-0.05, 0) is 51.0 Å². The molecule has 5 nitrogen and oxygen atoms in total. The van der Waals surface area contributed by atoms with Crippen LogP contribution >= 0.6 is 0 Å². The van der Waals surface area contributed by atoms with Crippen molar-refractivity contribution in [3.8, 4) is 34.2 Å². The van der Waals surface area contributed by atoms with Crippen LogP contribution in [0.4, 0.5) is 11.4 Å². The van der Waals surface area contributed by atoms with Crippen LogP contribution in [0, 0.1) is 0 Å². The highest BCUT2D eigenvalue weighted by molar-refractivity contribution is 6.21. The summed E-state index contributed by atoms with van der Waals surface area (Å²) in [5.74, 6) is 2.00. The molecular formula is C47H30N4O. The van der Waals surface area contributed by atoms with Crippen molar-refractivity contribution in [2.75, 3.05) is 4.90 Å². The Morgan fingerprint density at radius 1 is 0.519 bits per heavy atom. The van der Waals surface area contributed by atoms with Crippen LogP contribution in [0.3, 0.4) is 0 Å². The lowest BCUT2D eigenvalue weighted by molar-refractivity contribution is 0.669. The molecule has 0 bridgehead atoms. The van der Waals surface area contributed by atoms with Gasteiger partial charge in [0, 0.05) is 39.2 Å². The van der Waals surface area contributed by atoms with Crippen molar-refractivity contribution in [2.45, 2.75) is 12.0 Å². The summed E-state index contributed by atoms with van der Waals surface area (Å²) >= 11 is 0. The molecule has 0 fully saturated rings. The molecule has 244 valence electrons. The molecule has 7 aromatic carbocycles. The molecule has 11 rings (SSSR count). The van der Waals surface area contributed by atoms with Crippen LogP contribution in [-0.2, 0) is 0 Å². The third-order valence-electron chi connectivity index (χ3n) is 10.6. The molecule has 52 heavy (non-hydrogen) atoms. The lowest BCUT2D eigenvalue weighted by atomic mass is 9.89. The zero-order chi connectivity index (χ0) is 34.2. The lowest BCUT2D eigenvalue weighted by Gasteiger charge is -2.29. The number of anilines is 2. The van der Waals surface area contributed by atoms with E-state index in [1.54, 1.807) is 0 Å². The molecule has 0 spiro atoms. The average molecular weight is 667 g/mol. The molecule has 3 heterocycles. The van der Waals surface area contributed by atoms with Gasteiger partial charge in [-0.3, -0.25) is 0 Å². The zero-order valence-corrected chi connectivity index (χ0v) is 28.0. The number of rotatable bonds is 4. The standard InChI is InChI=1S/C47H30N4O/c1-3-14-30(15-4-1)45-48-46(31-16-5-2-6-17-31)50-47(49-45)39-28-34(27-38-43-35-20-10-9-13-29(35)23-24-42(43)52-44(38)39)51-40-22-12-11-21-36(40)37-25-32-18-7-8-19-33(32)26-41(37)51/h1-28,37,41H. The zero-order valence-electron chi connectivity index (χ0n) is 28.0. The van der Waals surface area contributed by atoms with Crippen LogP contribution in [0.1, 0.15) is 11.5 Å². The Labute approximate surface area is 299 Å². The first-order valence-electron chi connectivity index (χ1n) is 17.7. The van der Waals surface area contributed by atoms with E-state index in [1.807, 2.05) is 60.7 Å². The molecule has 2 atom stereocenters. The van der Waals surface area contributed by atoms with Gasteiger partial charge in [0.15, 0.2) is 17.5 Å². The van der Waals surface area contributed by atoms with Crippen molar-refractivity contribution in [3.63, 3.8) is 0 Å². The van der Waals surface area contributed by atoms with Crippen molar-refractivity contribution in [1.82, 2.24) is 15.0 Å². The molecule has 0 saturated carbocycles. The maximum absolute atomic E-state index is 6.84. The maximum Gasteiger partial charge on any atom is 0.167 e. The van der Waals surface area contributed by atoms with Gasteiger partial charge in [-0.1, -0.05) is 146 Å². The quantitative estimate of drug-likeness (QED) is 0.187. The fraction of sp³-hybridized carbons (Fsp3) is 0.0426. The topological polar surface area (TPSA) is 55.1 Å². The van der Waals surface area contributed by atoms with E-state index < -0.39 is 0 Å². The van der Waals surface area contributed by atoms with E-state index in [9.17, 15) is 0 Å². The first-order valence-corrected chi connectivity index (χ1v) is 17.7. The van der Waals surface area contributed by atoms with Crippen molar-refractivity contribution < 1.29 is 4.42 Å². The normalized spacial score (nSPS) is 16.0. The van der Waals surface area contributed by atoms with Gasteiger partial charge >= 0.3 is 0 Å². The Kier molecular flexibility index (Phi) is 6.31. The Balaban J connectivity index is 1.23. The summed E-state index contributed by atoms with van der Waals surface area (Å²) in [5, 5.41) is 6.96. The number of hydrogen-bond acceptors (Lipinski definition) is 5. The predicted molar refractivity (Wildman–Crippen MR) is 211 cm³/mol. The minimum absolute atomic E-state index is 0.0885. The third-order valence-corrected chi connectivity index (χ3v) is 10.6. The molecule has 2 unspecified atom stereocenters. The second-order valence-electron chi connectivity index (χ2n) is 13.6. The van der Waals surface area contributed by atoms with Gasteiger partial charge in [0.2, 0.25) is 0 Å². The van der Waals surface area contributed by atoms with Crippen LogP contribution in [0.25, 0.3) is 79.0 Å². The lowest BCUT2D eigenvalue weighted by Crippen LogP contribution is -2.38. The van der Waals surface area contributed by atoms with Crippen molar-refractivity contribution in [2.24, 2.45) is 0 Å². The minimum Gasteiger partial charge on any atom is -0.455 e. The van der Waals surface area contributed by atoms with E-state index in [0.29, 0.717) is 17.5 Å². The van der Waals surface area contributed by atoms with Gasteiger partial charge in [-0.25, -0.2) is 15.0 Å². The maximum atomic E-state index is 6.84. The summed E-state index contributed by atoms with van der Waals surface area (Å²) in [7, 11) is 0. The van der Waals surface area contributed by atoms with E-state index in [0.717, 1.165) is 49.7 Å². The number of aromatic nitrogens is 3. The molecule has 9 aromatic rings. The average Bonchev–Trinajstić information content (AvgIpc) is 3.75. The molecule has 1 aliphatic heterocycles. The summed E-state index contributed by atoms with van der Waals surface area (Å²) in [6, 6.07) is 55.1. The van der Waals surface area contributed by atoms with E-state index in [4.69, 9.17) is 19.4 Å². The first-order chi connectivity index (χ1) is 25.8. The second kappa shape index (κ2) is 11.3. The monoisotopic (exact) mass is 666 g/mol. The SMILES string of the molecule is C1=c2ccccc2=CC2C1c1ccccc1N2c1cc(-c2nc(-c3ccccc3)nc(-c3ccccc3)n2)c2oc3ccc4ccccc4c3c2c1. The van der Waals surface area contributed by atoms with E-state index >= 15 is 0 Å². The number of fused-ring (bicyclic) bond motifs is 9. The Hall–Kier alpha value is -6.85. The van der Waals surface area contributed by atoms with Gasteiger partial charge in [0.25, 0.3) is 0 Å². The van der Waals surface area contributed by atoms with E-state index in [2.05, 4.69) is 114 Å². The van der Waals surface area contributed by atoms with E-state index in [1.165, 1.54) is 27.1 Å². The predicted octanol–water partition coefficient (Wildman–Crippen LogP) is 9.80. The van der Waals surface area contributed by atoms with Crippen LogP contribution in [0.5, 0.6) is 0 Å². The van der Waals surface area contributed by atoms with Crippen LogP contribution in [-0.4, -0.2) is 21.0 Å². The second-order valence-corrected chi connectivity index (χ2v) is 13.6. The van der Waals surface area contributed by atoms with Gasteiger partial charge in [0.1, 0.15) is 11.2 Å². The van der Waals surface area contributed by atoms with Gasteiger partial charge in [-0.15, -0.1) is 0 Å². The Morgan fingerprint density at radius 2 is 1.15 bits per heavy atom. The van der Waals surface area contributed by atoms with Crippen molar-refractivity contribution in [3.05, 3.63) is 174 Å².